The van der Waals surface area contributed by atoms with Crippen molar-refractivity contribution in [1.82, 2.24) is 0 Å². The molecule has 4 radical (unpaired) electrons. The van der Waals surface area contributed by atoms with Gasteiger partial charge in [0, 0.05) is 0 Å². The second-order valence-electron chi connectivity index (χ2n) is 0. The van der Waals surface area contributed by atoms with E-state index in [0.717, 1.165) is 0 Å². The van der Waals surface area contributed by atoms with Crippen LogP contribution in [0.4, 0.5) is 0 Å². The quantitative estimate of drug-likeness (QED) is 0.384. The molecule has 0 aromatic carbocycles. The van der Waals surface area contributed by atoms with Crippen molar-refractivity contribution in [1.29, 1.82) is 0 Å². The second kappa shape index (κ2) is 86.6. The van der Waals surface area contributed by atoms with Crippen LogP contribution in [-0.4, -0.2) is 0 Å². The van der Waals surface area contributed by atoms with Gasteiger partial charge in [-0.25, -0.2) is 0 Å². The molecule has 0 fully saturated rings. The van der Waals surface area contributed by atoms with Crippen LogP contribution >= 0.6 is 0 Å². The summed E-state index contributed by atoms with van der Waals surface area (Å²) >= 11 is 0. The molecule has 0 aromatic heterocycles. The molecule has 0 heterocycles. The van der Waals surface area contributed by atoms with E-state index in [0.29, 0.717) is 0 Å². The number of hydrogen-bond donors (Lipinski definition) is 0. The topological polar surface area (TPSA) is 85.5 Å². The summed E-state index contributed by atoms with van der Waals surface area (Å²) in [6.07, 6.45) is 0. The van der Waals surface area contributed by atoms with E-state index in [4.69, 9.17) is 0 Å². The van der Waals surface area contributed by atoms with Crippen molar-refractivity contribution in [3.63, 3.8) is 0 Å². The first-order chi connectivity index (χ1) is 0. The summed E-state index contributed by atoms with van der Waals surface area (Å²) in [5.74, 6) is 0. The molecular formula is O3Zn. The van der Waals surface area contributed by atoms with Crippen molar-refractivity contribution in [3.8, 4) is 0 Å². The molecule has 4 heavy (non-hydrogen) atoms. The van der Waals surface area contributed by atoms with E-state index in [2.05, 4.69) is 0 Å². The fourth-order valence-corrected chi connectivity index (χ4v) is 0. The second-order valence-corrected chi connectivity index (χ2v) is 0. The average Bonchev–Trinajstić information content (AvgIpc) is 0. The van der Waals surface area contributed by atoms with Crippen LogP contribution in [0.2, 0.25) is 0 Å². The van der Waals surface area contributed by atoms with Crippen molar-refractivity contribution in [3.05, 3.63) is 0 Å². The first kappa shape index (κ1) is 218. The Labute approximate surface area is 36.7 Å². The van der Waals surface area contributed by atoms with Gasteiger partial charge in [0.05, 0.1) is 0 Å². The van der Waals surface area contributed by atoms with Gasteiger partial charge in [-0.1, -0.05) is 0 Å². The Morgan fingerprint density at radius 1 is 0.750 bits per heavy atom. The Balaban J connectivity index is 0. The third-order valence-corrected chi connectivity index (χ3v) is 0. The fraction of sp³-hybridized carbons (Fsp3) is 0. The van der Waals surface area contributed by atoms with Gasteiger partial charge in [0.1, 0.15) is 0 Å². The maximum Gasteiger partial charge on any atom is 2.00 e. The van der Waals surface area contributed by atoms with Gasteiger partial charge >= 0.3 is 25.0 Å². The molecule has 0 amide bonds. The van der Waals surface area contributed by atoms with Crippen molar-refractivity contribution >= 4 is 0 Å². The molecule has 0 saturated heterocycles. The van der Waals surface area contributed by atoms with Crippen LogP contribution in [0, 0.1) is 0 Å². The molecule has 0 spiro atoms. The van der Waals surface area contributed by atoms with Gasteiger partial charge in [0.25, 0.3) is 0 Å². The van der Waals surface area contributed by atoms with E-state index in [1.54, 1.807) is 0 Å². The van der Waals surface area contributed by atoms with E-state index >= 15 is 0 Å². The first-order valence-electron chi connectivity index (χ1n) is 0. The predicted octanol–water partition coefficient (Wildman–Crippen LogP) is -0.359. The maximum absolute atomic E-state index is 0. The summed E-state index contributed by atoms with van der Waals surface area (Å²) < 4.78 is 0. The summed E-state index contributed by atoms with van der Waals surface area (Å²) in [6, 6.07) is 0. The number of hydrogen-bond acceptors (Lipinski definition) is 0. The summed E-state index contributed by atoms with van der Waals surface area (Å²) in [6.45, 7) is 0. The van der Waals surface area contributed by atoms with Crippen LogP contribution in [-0.2, 0) is 35.9 Å². The monoisotopic (exact) mass is 112 g/mol. The van der Waals surface area contributed by atoms with Crippen molar-refractivity contribution in [2.75, 3.05) is 0 Å². The van der Waals surface area contributed by atoms with E-state index < -0.39 is 0 Å². The fourth-order valence-electron chi connectivity index (χ4n) is 0. The average molecular weight is 113 g/mol. The predicted molar refractivity (Wildman–Crippen MR) is 2.06 cm³/mol. The smallest absolute Gasteiger partial charge is 2.00 e. The third-order valence-electron chi connectivity index (χ3n) is 0. The van der Waals surface area contributed by atoms with E-state index in [1.165, 1.54) is 0 Å². The van der Waals surface area contributed by atoms with E-state index in [9.17, 15) is 0 Å². The summed E-state index contributed by atoms with van der Waals surface area (Å²) in [7, 11) is 0. The first-order valence-corrected chi connectivity index (χ1v) is 0. The van der Waals surface area contributed by atoms with Gasteiger partial charge in [-0.15, -0.1) is 0 Å². The minimum atomic E-state index is 0. The molecule has 0 aliphatic rings. The van der Waals surface area contributed by atoms with Crippen LogP contribution in [0.25, 0.3) is 0 Å². The SMILES string of the molecule is [O+2].[O-2].[O-2].[Zn+2]. The molecule has 0 saturated carbocycles. The van der Waals surface area contributed by atoms with Crippen LogP contribution < -0.4 is 0 Å². The largest absolute Gasteiger partial charge is 2.00 e. The summed E-state index contributed by atoms with van der Waals surface area (Å²) in [4.78, 5) is 0. The molecular weight excluding hydrogens is 113 g/mol. The van der Waals surface area contributed by atoms with Gasteiger partial charge in [-0.3, -0.25) is 0 Å². The van der Waals surface area contributed by atoms with Crippen LogP contribution in [0.5, 0.6) is 0 Å². The van der Waals surface area contributed by atoms with Gasteiger partial charge in [-0.2, -0.15) is 0 Å². The zero-order valence-corrected chi connectivity index (χ0v) is 4.90. The van der Waals surface area contributed by atoms with Crippen LogP contribution in [0.15, 0.2) is 0 Å². The van der Waals surface area contributed by atoms with Crippen molar-refractivity contribution in [2.24, 2.45) is 0 Å². The minimum absolute atomic E-state index is 0. The van der Waals surface area contributed by atoms with Gasteiger partial charge in [0.15, 0.2) is 0 Å². The van der Waals surface area contributed by atoms with Gasteiger partial charge in [0.2, 0.25) is 0 Å². The molecule has 0 N–H and O–H groups in total. The number of rotatable bonds is 0. The normalized spacial score (nSPS) is 0. The Kier molecular flexibility index (Phi) is 4730. The minimum Gasteiger partial charge on any atom is -2.00 e. The van der Waals surface area contributed by atoms with Crippen molar-refractivity contribution < 1.29 is 35.9 Å². The Morgan fingerprint density at radius 3 is 0.750 bits per heavy atom. The van der Waals surface area contributed by atoms with Gasteiger partial charge < -0.3 is 11.0 Å². The van der Waals surface area contributed by atoms with Gasteiger partial charge in [-0.05, 0) is 0 Å². The zero-order valence-electron chi connectivity index (χ0n) is 1.93. The Bertz CT molecular complexity index is 3.25. The maximum atomic E-state index is 0. The van der Waals surface area contributed by atoms with Crippen molar-refractivity contribution in [2.45, 2.75) is 0 Å². The zero-order chi connectivity index (χ0) is 0. The third kappa shape index (κ3) is 22.3. The van der Waals surface area contributed by atoms with E-state index in [1.807, 2.05) is 0 Å². The van der Waals surface area contributed by atoms with Crippen LogP contribution in [0.1, 0.15) is 0 Å². The molecule has 0 aliphatic heterocycles. The standard InChI is InChI=1S/3O.Zn/q2*-2;2*+2. The Morgan fingerprint density at radius 2 is 0.750 bits per heavy atom. The van der Waals surface area contributed by atoms with Crippen LogP contribution in [0.3, 0.4) is 0 Å². The molecule has 0 unspecified atom stereocenters. The molecule has 0 atom stereocenters. The molecule has 0 aliphatic carbocycles. The molecule has 0 rings (SSSR count). The molecule has 4 heteroatoms. The molecule has 0 bridgehead atoms. The molecule has 0 aromatic rings. The van der Waals surface area contributed by atoms with E-state index in [-0.39, 0.29) is 35.9 Å². The molecule has 3 nitrogen and oxygen atoms in total. The summed E-state index contributed by atoms with van der Waals surface area (Å²) in [5.41, 5.74) is 0. The molecule has 20 valence electrons. The summed E-state index contributed by atoms with van der Waals surface area (Å²) in [5, 5.41) is 0. The Hall–Kier alpha value is 0.503.